The lowest BCUT2D eigenvalue weighted by Crippen LogP contribution is -2.18. The fourth-order valence-electron chi connectivity index (χ4n) is 3.43. The second kappa shape index (κ2) is 11.0. The fourth-order valence-corrected chi connectivity index (χ4v) is 3.43. The van der Waals surface area contributed by atoms with Gasteiger partial charge in [-0.3, -0.25) is 15.3 Å². The van der Waals surface area contributed by atoms with Gasteiger partial charge < -0.3 is 9.84 Å². The van der Waals surface area contributed by atoms with Crippen LogP contribution in [0.15, 0.2) is 72.8 Å². The molecule has 7 heteroatoms. The lowest BCUT2D eigenvalue weighted by Gasteiger charge is -2.20. The second-order valence-electron chi connectivity index (χ2n) is 7.41. The van der Waals surface area contributed by atoms with Gasteiger partial charge in [0.1, 0.15) is 11.9 Å². The van der Waals surface area contributed by atoms with E-state index >= 15 is 0 Å². The highest BCUT2D eigenvalue weighted by Crippen LogP contribution is 2.34. The molecular weight excluding hydrogens is 408 g/mol. The largest absolute Gasteiger partial charge is 0.507 e. The Morgan fingerprint density at radius 3 is 2.47 bits per heavy atom. The molecule has 7 nitrogen and oxygen atoms in total. The molecule has 32 heavy (non-hydrogen) atoms. The maximum absolute atomic E-state index is 12.6. The molecule has 0 saturated heterocycles. The predicted molar refractivity (Wildman–Crippen MR) is 123 cm³/mol. The number of carbonyl (C=O) groups excluding carboxylic acids is 2. The highest BCUT2D eigenvalue weighted by Gasteiger charge is 2.20. The molecule has 0 unspecified atom stereocenters. The van der Waals surface area contributed by atoms with E-state index in [9.17, 15) is 14.7 Å². The highest BCUT2D eigenvalue weighted by atomic mass is 16.6. The van der Waals surface area contributed by atoms with E-state index in [2.05, 4.69) is 5.32 Å². The molecule has 0 aromatic heterocycles. The number of aromatic hydroxyl groups is 1. The summed E-state index contributed by atoms with van der Waals surface area (Å²) in [6.07, 6.45) is 3.44. The van der Waals surface area contributed by atoms with Crippen LogP contribution in [0.3, 0.4) is 0 Å². The number of carbonyl (C=O) groups is 2. The van der Waals surface area contributed by atoms with Gasteiger partial charge in [-0.2, -0.15) is 0 Å². The molecule has 0 saturated carbocycles. The van der Waals surface area contributed by atoms with Crippen molar-refractivity contribution in [3.05, 3.63) is 83.9 Å². The average Bonchev–Trinajstić information content (AvgIpc) is 2.80. The molecule has 4 N–H and O–H groups in total. The number of hydrogen-bond acceptors (Lipinski definition) is 5. The van der Waals surface area contributed by atoms with Gasteiger partial charge in [-0.25, -0.2) is 10.3 Å². The lowest BCUT2D eigenvalue weighted by atomic mass is 9.96. The zero-order chi connectivity index (χ0) is 22.9. The Kier molecular flexibility index (Phi) is 7.83. The second-order valence-corrected chi connectivity index (χ2v) is 7.41. The number of amides is 2. The highest BCUT2D eigenvalue weighted by molar-refractivity contribution is 5.91. The molecule has 3 aromatic carbocycles. The standard InChI is InChI=1S/C25H26N2O5/c1-17-11-13-18(14-12-17)26-25(30)32-23(9-3-2-4-10-24(29)27-31)21-15-16-22(28)20-8-6-5-7-19(20)21/h4-8,10-16,23,28,31H,2-3,9H2,1H3,(H,26,30)(H,27,29)/b10-4+/t23-/m1/s1. The molecule has 1 atom stereocenters. The van der Waals surface area contributed by atoms with Crippen LogP contribution in [-0.2, 0) is 9.53 Å². The third-order valence-corrected chi connectivity index (χ3v) is 5.05. The first kappa shape index (κ1) is 22.8. The SMILES string of the molecule is Cc1ccc(NC(=O)O[C@H](CCC/C=C/C(=O)NO)c2ccc(O)c3ccccc23)cc1. The normalized spacial score (nSPS) is 11.9. The van der Waals surface area contributed by atoms with Crippen LogP contribution in [0.2, 0.25) is 0 Å². The van der Waals surface area contributed by atoms with Gasteiger partial charge in [0.05, 0.1) is 0 Å². The van der Waals surface area contributed by atoms with Crippen LogP contribution in [0.4, 0.5) is 10.5 Å². The number of benzene rings is 3. The molecule has 3 aromatic rings. The van der Waals surface area contributed by atoms with Crippen molar-refractivity contribution in [2.75, 3.05) is 5.32 Å². The number of aryl methyl sites for hydroxylation is 1. The van der Waals surface area contributed by atoms with Crippen LogP contribution >= 0.6 is 0 Å². The molecule has 0 aliphatic heterocycles. The summed E-state index contributed by atoms with van der Waals surface area (Å²) in [6.45, 7) is 1.96. The van der Waals surface area contributed by atoms with Crippen LogP contribution < -0.4 is 10.8 Å². The Morgan fingerprint density at radius 2 is 1.75 bits per heavy atom. The van der Waals surface area contributed by atoms with E-state index in [1.165, 1.54) is 6.08 Å². The van der Waals surface area contributed by atoms with E-state index in [0.717, 1.165) is 16.5 Å². The van der Waals surface area contributed by atoms with Crippen molar-refractivity contribution in [3.8, 4) is 5.75 Å². The molecule has 2 amide bonds. The number of ether oxygens (including phenoxy) is 1. The summed E-state index contributed by atoms with van der Waals surface area (Å²) in [5.74, 6) is -0.440. The molecule has 0 radical (unpaired) electrons. The topological polar surface area (TPSA) is 108 Å². The number of phenolic OH excluding ortho intramolecular Hbond substituents is 1. The van der Waals surface area contributed by atoms with Gasteiger partial charge >= 0.3 is 6.09 Å². The van der Waals surface area contributed by atoms with Crippen molar-refractivity contribution in [2.45, 2.75) is 32.3 Å². The first-order valence-electron chi connectivity index (χ1n) is 10.3. The summed E-state index contributed by atoms with van der Waals surface area (Å²) in [6, 6.07) is 18.2. The van der Waals surface area contributed by atoms with E-state index in [4.69, 9.17) is 9.94 Å². The number of anilines is 1. The molecular formula is C25H26N2O5. The molecule has 0 aliphatic rings. The van der Waals surface area contributed by atoms with E-state index in [-0.39, 0.29) is 5.75 Å². The quantitative estimate of drug-likeness (QED) is 0.165. The van der Waals surface area contributed by atoms with E-state index in [0.29, 0.717) is 30.3 Å². The van der Waals surface area contributed by atoms with Crippen LogP contribution in [-0.4, -0.2) is 22.3 Å². The minimum Gasteiger partial charge on any atom is -0.507 e. The summed E-state index contributed by atoms with van der Waals surface area (Å²) >= 11 is 0. The molecule has 0 heterocycles. The Labute approximate surface area is 186 Å². The van der Waals surface area contributed by atoms with Crippen molar-refractivity contribution in [1.82, 2.24) is 5.48 Å². The zero-order valence-corrected chi connectivity index (χ0v) is 17.7. The van der Waals surface area contributed by atoms with Crippen LogP contribution in [0.25, 0.3) is 10.8 Å². The zero-order valence-electron chi connectivity index (χ0n) is 17.7. The van der Waals surface area contributed by atoms with E-state index in [1.54, 1.807) is 35.8 Å². The van der Waals surface area contributed by atoms with E-state index in [1.807, 2.05) is 43.3 Å². The van der Waals surface area contributed by atoms with Gasteiger partial charge in [0.25, 0.3) is 5.91 Å². The van der Waals surface area contributed by atoms with Crippen molar-refractivity contribution in [2.24, 2.45) is 0 Å². The van der Waals surface area contributed by atoms with E-state index < -0.39 is 18.1 Å². The third kappa shape index (κ3) is 6.09. The summed E-state index contributed by atoms with van der Waals surface area (Å²) in [5.41, 5.74) is 4.04. The first-order valence-corrected chi connectivity index (χ1v) is 10.3. The predicted octanol–water partition coefficient (Wildman–Crippen LogP) is 5.38. The van der Waals surface area contributed by atoms with Gasteiger partial charge in [-0.05, 0) is 49.8 Å². The molecule has 0 bridgehead atoms. The third-order valence-electron chi connectivity index (χ3n) is 5.05. The summed E-state index contributed by atoms with van der Waals surface area (Å²) < 4.78 is 5.79. The average molecular weight is 434 g/mol. The summed E-state index contributed by atoms with van der Waals surface area (Å²) in [5, 5.41) is 23.0. The smallest absolute Gasteiger partial charge is 0.412 e. The minimum atomic E-state index is -0.597. The number of nitrogens with one attached hydrogen (secondary N) is 2. The summed E-state index contributed by atoms with van der Waals surface area (Å²) in [4.78, 5) is 23.7. The maximum atomic E-state index is 12.6. The number of fused-ring (bicyclic) bond motifs is 1. The Balaban J connectivity index is 1.79. The van der Waals surface area contributed by atoms with Crippen LogP contribution in [0, 0.1) is 6.92 Å². The van der Waals surface area contributed by atoms with Gasteiger partial charge in [-0.15, -0.1) is 0 Å². The number of rotatable bonds is 8. The first-order chi connectivity index (χ1) is 15.5. The van der Waals surface area contributed by atoms with Crippen molar-refractivity contribution >= 4 is 28.5 Å². The van der Waals surface area contributed by atoms with Crippen LogP contribution in [0.1, 0.15) is 36.5 Å². The molecule has 3 rings (SSSR count). The van der Waals surface area contributed by atoms with Crippen molar-refractivity contribution in [3.63, 3.8) is 0 Å². The van der Waals surface area contributed by atoms with Gasteiger partial charge in [0.2, 0.25) is 0 Å². The molecule has 0 spiro atoms. The van der Waals surface area contributed by atoms with Gasteiger partial charge in [-0.1, -0.05) is 54.1 Å². The molecule has 166 valence electrons. The maximum Gasteiger partial charge on any atom is 0.412 e. The Morgan fingerprint density at radius 1 is 1.03 bits per heavy atom. The number of unbranched alkanes of at least 4 members (excludes halogenated alkanes) is 1. The van der Waals surface area contributed by atoms with Crippen molar-refractivity contribution < 1.29 is 24.6 Å². The number of allylic oxidation sites excluding steroid dienone is 1. The number of phenols is 1. The fraction of sp³-hybridized carbons (Fsp3) is 0.200. The lowest BCUT2D eigenvalue weighted by molar-refractivity contribution is -0.124. The number of hydrogen-bond donors (Lipinski definition) is 4. The number of hydroxylamine groups is 1. The minimum absolute atomic E-state index is 0.158. The summed E-state index contributed by atoms with van der Waals surface area (Å²) in [7, 11) is 0. The van der Waals surface area contributed by atoms with Crippen LogP contribution in [0.5, 0.6) is 5.75 Å². The molecule has 0 aliphatic carbocycles. The van der Waals surface area contributed by atoms with Gasteiger partial charge in [0.15, 0.2) is 0 Å². The Bertz CT molecular complexity index is 1110. The van der Waals surface area contributed by atoms with Crippen molar-refractivity contribution in [1.29, 1.82) is 0 Å². The molecule has 0 fully saturated rings. The Hall–Kier alpha value is -3.84. The van der Waals surface area contributed by atoms with Gasteiger partial charge in [0, 0.05) is 22.7 Å². The monoisotopic (exact) mass is 434 g/mol.